The molecule has 102 valence electrons. The van der Waals surface area contributed by atoms with E-state index in [4.69, 9.17) is 11.6 Å². The Balaban J connectivity index is 3.23. The zero-order valence-electron chi connectivity index (χ0n) is 10.7. The Kier molecular flexibility index (Phi) is 5.13. The van der Waals surface area contributed by atoms with Crippen LogP contribution in [0, 0.1) is 11.7 Å². The molecule has 0 fully saturated rings. The van der Waals surface area contributed by atoms with E-state index >= 15 is 0 Å². The Labute approximate surface area is 113 Å². The predicted octanol–water partition coefficient (Wildman–Crippen LogP) is 2.84. The second-order valence-electron chi connectivity index (χ2n) is 4.57. The number of alkyl halides is 1. The smallest absolute Gasteiger partial charge is 0.207 e. The molecule has 0 heterocycles. The first-order valence-electron chi connectivity index (χ1n) is 5.59. The Morgan fingerprint density at radius 2 is 2.00 bits per heavy atom. The normalized spacial score (nSPS) is 12.4. The van der Waals surface area contributed by atoms with Gasteiger partial charge in [-0.2, -0.15) is 0 Å². The van der Waals surface area contributed by atoms with Crippen molar-refractivity contribution in [3.63, 3.8) is 0 Å². The van der Waals surface area contributed by atoms with E-state index in [-0.39, 0.29) is 16.7 Å². The Bertz CT molecular complexity index is 517. The van der Waals surface area contributed by atoms with Gasteiger partial charge in [0.15, 0.2) is 0 Å². The average Bonchev–Trinajstić information content (AvgIpc) is 2.28. The van der Waals surface area contributed by atoms with Crippen LogP contribution in [0.4, 0.5) is 4.39 Å². The van der Waals surface area contributed by atoms with E-state index in [1.54, 1.807) is 0 Å². The molecular formula is C12H17ClFNO2S. The van der Waals surface area contributed by atoms with Crippen molar-refractivity contribution in [2.75, 3.05) is 13.6 Å². The Morgan fingerprint density at radius 3 is 2.50 bits per heavy atom. The minimum absolute atomic E-state index is 0.0321. The van der Waals surface area contributed by atoms with Gasteiger partial charge in [0.2, 0.25) is 10.0 Å². The summed E-state index contributed by atoms with van der Waals surface area (Å²) in [6, 6.07) is 3.63. The van der Waals surface area contributed by atoms with E-state index in [0.717, 1.165) is 6.07 Å². The van der Waals surface area contributed by atoms with Gasteiger partial charge in [-0.15, -0.1) is 11.6 Å². The van der Waals surface area contributed by atoms with E-state index in [1.165, 1.54) is 23.5 Å². The zero-order chi connectivity index (χ0) is 13.9. The van der Waals surface area contributed by atoms with Gasteiger partial charge in [-0.3, -0.25) is 0 Å². The van der Waals surface area contributed by atoms with Crippen LogP contribution in [0.1, 0.15) is 19.4 Å². The standard InChI is InChI=1S/C12H17ClFNO2S/c1-9(2)8-15(3)18(16,17)12-6-11(14)5-4-10(12)7-13/h4-6,9H,7-8H2,1-3H3. The molecule has 0 radical (unpaired) electrons. The van der Waals surface area contributed by atoms with E-state index in [0.29, 0.717) is 12.1 Å². The zero-order valence-corrected chi connectivity index (χ0v) is 12.2. The first kappa shape index (κ1) is 15.4. The third kappa shape index (κ3) is 3.43. The highest BCUT2D eigenvalue weighted by molar-refractivity contribution is 7.89. The van der Waals surface area contributed by atoms with Gasteiger partial charge in [-0.05, 0) is 23.6 Å². The van der Waals surface area contributed by atoms with E-state index < -0.39 is 15.8 Å². The monoisotopic (exact) mass is 293 g/mol. The van der Waals surface area contributed by atoms with Gasteiger partial charge >= 0.3 is 0 Å². The highest BCUT2D eigenvalue weighted by atomic mass is 35.5. The van der Waals surface area contributed by atoms with Gasteiger partial charge < -0.3 is 0 Å². The molecule has 3 nitrogen and oxygen atoms in total. The first-order valence-corrected chi connectivity index (χ1v) is 7.57. The van der Waals surface area contributed by atoms with Crippen LogP contribution >= 0.6 is 11.6 Å². The molecule has 0 aliphatic carbocycles. The summed E-state index contributed by atoms with van der Waals surface area (Å²) in [5.74, 6) is -0.358. The van der Waals surface area contributed by atoms with E-state index in [9.17, 15) is 12.8 Å². The minimum Gasteiger partial charge on any atom is -0.207 e. The minimum atomic E-state index is -3.69. The molecule has 0 atom stereocenters. The van der Waals surface area contributed by atoms with Crippen molar-refractivity contribution >= 4 is 21.6 Å². The van der Waals surface area contributed by atoms with Crippen LogP contribution in [-0.4, -0.2) is 26.3 Å². The number of sulfonamides is 1. The molecule has 0 aliphatic heterocycles. The third-order valence-corrected chi connectivity index (χ3v) is 4.68. The van der Waals surface area contributed by atoms with Crippen LogP contribution in [0.3, 0.4) is 0 Å². The molecule has 0 unspecified atom stereocenters. The molecule has 18 heavy (non-hydrogen) atoms. The molecular weight excluding hydrogens is 277 g/mol. The van der Waals surface area contributed by atoms with Crippen molar-refractivity contribution < 1.29 is 12.8 Å². The van der Waals surface area contributed by atoms with Crippen molar-refractivity contribution in [3.05, 3.63) is 29.6 Å². The van der Waals surface area contributed by atoms with Crippen LogP contribution in [0.15, 0.2) is 23.1 Å². The summed E-state index contributed by atoms with van der Waals surface area (Å²) < 4.78 is 39.0. The third-order valence-electron chi connectivity index (χ3n) is 2.48. The number of nitrogens with zero attached hydrogens (tertiary/aromatic N) is 1. The molecule has 0 N–H and O–H groups in total. The first-order chi connectivity index (χ1) is 8.28. The molecule has 1 aromatic rings. The van der Waals surface area contributed by atoms with Gasteiger partial charge in [0.1, 0.15) is 5.82 Å². The number of benzene rings is 1. The van der Waals surface area contributed by atoms with Crippen LogP contribution in [0.2, 0.25) is 0 Å². The van der Waals surface area contributed by atoms with Crippen LogP contribution < -0.4 is 0 Å². The molecule has 0 spiro atoms. The predicted molar refractivity (Wildman–Crippen MR) is 70.6 cm³/mol. The van der Waals surface area contributed by atoms with Crippen molar-refractivity contribution in [3.8, 4) is 0 Å². The van der Waals surface area contributed by atoms with E-state index in [1.807, 2.05) is 13.8 Å². The lowest BCUT2D eigenvalue weighted by Gasteiger charge is -2.20. The quantitative estimate of drug-likeness (QED) is 0.783. The van der Waals surface area contributed by atoms with Crippen LogP contribution in [-0.2, 0) is 15.9 Å². The van der Waals surface area contributed by atoms with Crippen molar-refractivity contribution in [2.24, 2.45) is 5.92 Å². The number of hydrogen-bond donors (Lipinski definition) is 0. The molecule has 1 aromatic carbocycles. The second kappa shape index (κ2) is 5.99. The second-order valence-corrected chi connectivity index (χ2v) is 6.85. The van der Waals surface area contributed by atoms with Crippen LogP contribution in [0.5, 0.6) is 0 Å². The van der Waals surface area contributed by atoms with Crippen molar-refractivity contribution in [2.45, 2.75) is 24.6 Å². The average molecular weight is 294 g/mol. The molecule has 0 saturated carbocycles. The lowest BCUT2D eigenvalue weighted by molar-refractivity contribution is 0.416. The summed E-state index contributed by atoms with van der Waals surface area (Å²) in [6.45, 7) is 4.21. The number of halogens is 2. The maximum Gasteiger partial charge on any atom is 0.243 e. The SMILES string of the molecule is CC(C)CN(C)S(=O)(=O)c1cc(F)ccc1CCl. The molecule has 0 saturated heterocycles. The summed E-state index contributed by atoms with van der Waals surface area (Å²) in [4.78, 5) is -0.0550. The van der Waals surface area contributed by atoms with Crippen molar-refractivity contribution in [1.29, 1.82) is 0 Å². The molecule has 0 aromatic heterocycles. The van der Waals surface area contributed by atoms with Gasteiger partial charge in [0.05, 0.1) is 4.90 Å². The fourth-order valence-electron chi connectivity index (χ4n) is 1.66. The largest absolute Gasteiger partial charge is 0.243 e. The highest BCUT2D eigenvalue weighted by Crippen LogP contribution is 2.22. The summed E-state index contributed by atoms with van der Waals surface area (Å²) in [5.41, 5.74) is 0.411. The maximum atomic E-state index is 13.2. The fraction of sp³-hybridized carbons (Fsp3) is 0.500. The van der Waals surface area contributed by atoms with E-state index in [2.05, 4.69) is 0 Å². The summed E-state index contributed by atoms with van der Waals surface area (Å²) in [6.07, 6.45) is 0. The summed E-state index contributed by atoms with van der Waals surface area (Å²) in [7, 11) is -2.21. The Morgan fingerprint density at radius 1 is 1.39 bits per heavy atom. The topological polar surface area (TPSA) is 37.4 Å². The maximum absolute atomic E-state index is 13.2. The number of hydrogen-bond acceptors (Lipinski definition) is 2. The number of rotatable bonds is 5. The fourth-order valence-corrected chi connectivity index (χ4v) is 3.53. The van der Waals surface area contributed by atoms with Gasteiger partial charge in [0, 0.05) is 19.5 Å². The lowest BCUT2D eigenvalue weighted by atomic mass is 10.2. The molecule has 1 rings (SSSR count). The highest BCUT2D eigenvalue weighted by Gasteiger charge is 2.24. The molecule has 0 amide bonds. The van der Waals surface area contributed by atoms with Crippen LogP contribution in [0.25, 0.3) is 0 Å². The molecule has 6 heteroatoms. The lowest BCUT2D eigenvalue weighted by Crippen LogP contribution is -2.31. The van der Waals surface area contributed by atoms with Crippen molar-refractivity contribution in [1.82, 2.24) is 4.31 Å². The van der Waals surface area contributed by atoms with Gasteiger partial charge in [-0.25, -0.2) is 17.1 Å². The summed E-state index contributed by atoms with van der Waals surface area (Å²) >= 11 is 5.70. The Hall–Kier alpha value is -0.650. The van der Waals surface area contributed by atoms with Gasteiger partial charge in [-0.1, -0.05) is 19.9 Å². The summed E-state index contributed by atoms with van der Waals surface area (Å²) in [5, 5.41) is 0. The molecule has 0 bridgehead atoms. The molecule has 0 aliphatic rings. The van der Waals surface area contributed by atoms with Gasteiger partial charge in [0.25, 0.3) is 0 Å².